The van der Waals surface area contributed by atoms with Gasteiger partial charge in [0.2, 0.25) is 0 Å². The third kappa shape index (κ3) is 4.10. The number of rotatable bonds is 5. The van der Waals surface area contributed by atoms with Crippen molar-refractivity contribution in [2.45, 2.75) is 32.2 Å². The molecule has 1 aromatic heterocycles. The third-order valence-corrected chi connectivity index (χ3v) is 3.39. The smallest absolute Gasteiger partial charge is 0.0570 e. The molecule has 0 aliphatic carbocycles. The van der Waals surface area contributed by atoms with Gasteiger partial charge in [-0.15, -0.1) is 0 Å². The number of nitrogens with one attached hydrogen (secondary N) is 1. The van der Waals surface area contributed by atoms with E-state index in [1.807, 2.05) is 18.3 Å². The van der Waals surface area contributed by atoms with Gasteiger partial charge in [-0.25, -0.2) is 0 Å². The average Bonchev–Trinajstić information content (AvgIpc) is 2.41. The van der Waals surface area contributed by atoms with Crippen molar-refractivity contribution < 1.29 is 4.74 Å². The molecule has 0 radical (unpaired) electrons. The topological polar surface area (TPSA) is 34.1 Å². The fraction of sp³-hybridized carbons (Fsp3) is 0.643. The SMILES string of the molecule is CC(NCCC1CCCOC1)c1ccccn1. The average molecular weight is 234 g/mol. The first-order chi connectivity index (χ1) is 8.36. The molecule has 0 saturated carbocycles. The fourth-order valence-electron chi connectivity index (χ4n) is 2.28. The number of hydrogen-bond donors (Lipinski definition) is 1. The second-order valence-corrected chi connectivity index (χ2v) is 4.80. The lowest BCUT2D eigenvalue weighted by atomic mass is 9.98. The van der Waals surface area contributed by atoms with Crippen molar-refractivity contribution in [1.29, 1.82) is 0 Å². The van der Waals surface area contributed by atoms with E-state index in [2.05, 4.69) is 23.3 Å². The molecule has 0 spiro atoms. The van der Waals surface area contributed by atoms with Crippen LogP contribution in [0, 0.1) is 5.92 Å². The van der Waals surface area contributed by atoms with Crippen LogP contribution in [0.15, 0.2) is 24.4 Å². The van der Waals surface area contributed by atoms with E-state index in [0.717, 1.165) is 31.4 Å². The quantitative estimate of drug-likeness (QED) is 0.850. The highest BCUT2D eigenvalue weighted by Gasteiger charge is 2.14. The maximum atomic E-state index is 5.48. The van der Waals surface area contributed by atoms with E-state index in [9.17, 15) is 0 Å². The first-order valence-electron chi connectivity index (χ1n) is 6.58. The Balaban J connectivity index is 1.67. The molecule has 3 nitrogen and oxygen atoms in total. The van der Waals surface area contributed by atoms with E-state index < -0.39 is 0 Å². The maximum absolute atomic E-state index is 5.48. The Hall–Kier alpha value is -0.930. The summed E-state index contributed by atoms with van der Waals surface area (Å²) >= 11 is 0. The Bertz CT molecular complexity index is 309. The Morgan fingerprint density at radius 2 is 2.47 bits per heavy atom. The Kier molecular flexibility index (Phi) is 4.95. The van der Waals surface area contributed by atoms with Crippen LogP contribution >= 0.6 is 0 Å². The number of pyridine rings is 1. The van der Waals surface area contributed by atoms with Gasteiger partial charge in [0.15, 0.2) is 0 Å². The standard InChI is InChI=1S/C14H22N2O/c1-12(14-6-2-3-8-16-14)15-9-7-13-5-4-10-17-11-13/h2-3,6,8,12-13,15H,4-5,7,9-11H2,1H3. The molecule has 17 heavy (non-hydrogen) atoms. The molecule has 3 heteroatoms. The van der Waals surface area contributed by atoms with Crippen molar-refractivity contribution in [2.75, 3.05) is 19.8 Å². The maximum Gasteiger partial charge on any atom is 0.0570 e. The monoisotopic (exact) mass is 234 g/mol. The zero-order valence-electron chi connectivity index (χ0n) is 10.6. The van der Waals surface area contributed by atoms with E-state index in [1.165, 1.54) is 19.3 Å². The van der Waals surface area contributed by atoms with Crippen LogP contribution < -0.4 is 5.32 Å². The van der Waals surface area contributed by atoms with Gasteiger partial charge in [0, 0.05) is 25.5 Å². The second-order valence-electron chi connectivity index (χ2n) is 4.80. The van der Waals surface area contributed by atoms with Gasteiger partial charge in [-0.2, -0.15) is 0 Å². The van der Waals surface area contributed by atoms with E-state index in [1.54, 1.807) is 0 Å². The number of hydrogen-bond acceptors (Lipinski definition) is 3. The van der Waals surface area contributed by atoms with Gasteiger partial charge in [0.05, 0.1) is 5.69 Å². The molecule has 1 aromatic rings. The van der Waals surface area contributed by atoms with Gasteiger partial charge < -0.3 is 10.1 Å². The molecule has 1 fully saturated rings. The normalized spacial score (nSPS) is 22.3. The fourth-order valence-corrected chi connectivity index (χ4v) is 2.28. The number of aromatic nitrogens is 1. The molecule has 1 aliphatic heterocycles. The molecule has 0 amide bonds. The first-order valence-corrected chi connectivity index (χ1v) is 6.58. The van der Waals surface area contributed by atoms with E-state index in [4.69, 9.17) is 4.74 Å². The summed E-state index contributed by atoms with van der Waals surface area (Å²) in [5.41, 5.74) is 1.12. The molecular formula is C14H22N2O. The number of ether oxygens (including phenoxy) is 1. The summed E-state index contributed by atoms with van der Waals surface area (Å²) in [6.07, 6.45) is 5.60. The van der Waals surface area contributed by atoms with Crippen LogP contribution in [0.1, 0.15) is 37.9 Å². The predicted octanol–water partition coefficient (Wildman–Crippen LogP) is 2.55. The Morgan fingerprint density at radius 1 is 1.53 bits per heavy atom. The summed E-state index contributed by atoms with van der Waals surface area (Å²) in [6.45, 7) is 5.11. The van der Waals surface area contributed by atoms with E-state index in [-0.39, 0.29) is 0 Å². The molecule has 2 rings (SSSR count). The van der Waals surface area contributed by atoms with Crippen LogP contribution in [0.2, 0.25) is 0 Å². The highest BCUT2D eigenvalue weighted by atomic mass is 16.5. The number of nitrogens with zero attached hydrogens (tertiary/aromatic N) is 1. The van der Waals surface area contributed by atoms with Gasteiger partial charge in [-0.05, 0) is 50.8 Å². The van der Waals surface area contributed by atoms with Crippen LogP contribution in [0.4, 0.5) is 0 Å². The minimum absolute atomic E-state index is 0.334. The van der Waals surface area contributed by atoms with Crippen molar-refractivity contribution >= 4 is 0 Å². The molecule has 1 N–H and O–H groups in total. The van der Waals surface area contributed by atoms with Gasteiger partial charge in [0.25, 0.3) is 0 Å². The minimum atomic E-state index is 0.334. The van der Waals surface area contributed by atoms with Crippen molar-refractivity contribution in [3.05, 3.63) is 30.1 Å². The molecule has 0 aromatic carbocycles. The highest BCUT2D eigenvalue weighted by molar-refractivity contribution is 5.07. The van der Waals surface area contributed by atoms with Gasteiger partial charge in [0.1, 0.15) is 0 Å². The second kappa shape index (κ2) is 6.72. The van der Waals surface area contributed by atoms with Crippen molar-refractivity contribution in [1.82, 2.24) is 10.3 Å². The summed E-state index contributed by atoms with van der Waals surface area (Å²) in [7, 11) is 0. The van der Waals surface area contributed by atoms with E-state index in [0.29, 0.717) is 6.04 Å². The van der Waals surface area contributed by atoms with Crippen LogP contribution in [-0.2, 0) is 4.74 Å². The molecular weight excluding hydrogens is 212 g/mol. The Morgan fingerprint density at radius 3 is 3.18 bits per heavy atom. The summed E-state index contributed by atoms with van der Waals surface area (Å²) in [4.78, 5) is 4.36. The largest absolute Gasteiger partial charge is 0.381 e. The van der Waals surface area contributed by atoms with E-state index >= 15 is 0 Å². The molecule has 1 saturated heterocycles. The summed E-state index contributed by atoms with van der Waals surface area (Å²) in [6, 6.07) is 6.40. The lowest BCUT2D eigenvalue weighted by Gasteiger charge is -2.23. The summed E-state index contributed by atoms with van der Waals surface area (Å²) in [5, 5.41) is 3.53. The lowest BCUT2D eigenvalue weighted by Crippen LogP contribution is -2.25. The molecule has 2 heterocycles. The molecule has 2 unspecified atom stereocenters. The van der Waals surface area contributed by atoms with Gasteiger partial charge in [-0.1, -0.05) is 6.07 Å². The highest BCUT2D eigenvalue weighted by Crippen LogP contribution is 2.17. The summed E-state index contributed by atoms with van der Waals surface area (Å²) in [5.74, 6) is 0.743. The van der Waals surface area contributed by atoms with Crippen LogP contribution in [0.25, 0.3) is 0 Å². The molecule has 2 atom stereocenters. The van der Waals surface area contributed by atoms with Crippen LogP contribution in [-0.4, -0.2) is 24.7 Å². The predicted molar refractivity (Wildman–Crippen MR) is 68.8 cm³/mol. The summed E-state index contributed by atoms with van der Waals surface area (Å²) < 4.78 is 5.48. The molecule has 94 valence electrons. The first kappa shape index (κ1) is 12.5. The molecule has 1 aliphatic rings. The van der Waals surface area contributed by atoms with Gasteiger partial charge >= 0.3 is 0 Å². The van der Waals surface area contributed by atoms with Crippen molar-refractivity contribution in [3.8, 4) is 0 Å². The lowest BCUT2D eigenvalue weighted by molar-refractivity contribution is 0.0515. The van der Waals surface area contributed by atoms with Crippen LogP contribution in [0.5, 0.6) is 0 Å². The molecule has 0 bridgehead atoms. The zero-order valence-corrected chi connectivity index (χ0v) is 10.6. The van der Waals surface area contributed by atoms with Crippen LogP contribution in [0.3, 0.4) is 0 Å². The van der Waals surface area contributed by atoms with Crippen molar-refractivity contribution in [3.63, 3.8) is 0 Å². The van der Waals surface area contributed by atoms with Gasteiger partial charge in [-0.3, -0.25) is 4.98 Å². The minimum Gasteiger partial charge on any atom is -0.381 e. The Labute approximate surface area is 104 Å². The van der Waals surface area contributed by atoms with Crippen molar-refractivity contribution in [2.24, 2.45) is 5.92 Å². The zero-order chi connectivity index (χ0) is 11.9. The third-order valence-electron chi connectivity index (χ3n) is 3.39.